The Kier molecular flexibility index (Phi) is 3.87. The van der Waals surface area contributed by atoms with E-state index in [9.17, 15) is 4.79 Å². The number of nitrogens with zero attached hydrogens (tertiary/aromatic N) is 5. The minimum absolute atomic E-state index is 0.381. The number of carbonyl (C=O) groups is 1. The van der Waals surface area contributed by atoms with Gasteiger partial charge in [0.2, 0.25) is 0 Å². The second-order valence-electron chi connectivity index (χ2n) is 4.92. The number of hydrogen-bond acceptors (Lipinski definition) is 7. The van der Waals surface area contributed by atoms with Gasteiger partial charge in [-0.15, -0.1) is 0 Å². The van der Waals surface area contributed by atoms with Gasteiger partial charge in [0.15, 0.2) is 11.0 Å². The molecule has 21 heavy (non-hydrogen) atoms. The smallest absolute Gasteiger partial charge is 0.350 e. The van der Waals surface area contributed by atoms with Crippen molar-refractivity contribution in [1.29, 1.82) is 0 Å². The summed E-state index contributed by atoms with van der Waals surface area (Å²) >= 11 is 1.36. The number of ether oxygens (including phenoxy) is 1. The highest BCUT2D eigenvalue weighted by Crippen LogP contribution is 2.33. The normalized spacial score (nSPS) is 15.2. The van der Waals surface area contributed by atoms with Gasteiger partial charge < -0.3 is 9.64 Å². The van der Waals surface area contributed by atoms with Crippen molar-refractivity contribution >= 4 is 22.4 Å². The van der Waals surface area contributed by atoms with E-state index in [1.54, 1.807) is 11.7 Å². The molecule has 112 valence electrons. The van der Waals surface area contributed by atoms with Crippen LogP contribution in [-0.4, -0.2) is 45.9 Å². The van der Waals surface area contributed by atoms with Crippen LogP contribution in [0.1, 0.15) is 28.9 Å². The summed E-state index contributed by atoms with van der Waals surface area (Å²) in [6.45, 7) is 1.96. The van der Waals surface area contributed by atoms with Crippen molar-refractivity contribution in [3.05, 3.63) is 11.2 Å². The van der Waals surface area contributed by atoms with Crippen molar-refractivity contribution in [2.24, 2.45) is 7.05 Å². The predicted molar refractivity (Wildman–Crippen MR) is 79.5 cm³/mol. The number of rotatable bonds is 3. The van der Waals surface area contributed by atoms with E-state index < -0.39 is 0 Å². The van der Waals surface area contributed by atoms with Crippen molar-refractivity contribution < 1.29 is 9.53 Å². The van der Waals surface area contributed by atoms with Gasteiger partial charge in [-0.3, -0.25) is 0 Å². The summed E-state index contributed by atoms with van der Waals surface area (Å²) in [7, 11) is 3.16. The summed E-state index contributed by atoms with van der Waals surface area (Å²) in [4.78, 5) is 23.5. The topological polar surface area (TPSA) is 73.1 Å². The van der Waals surface area contributed by atoms with Crippen LogP contribution in [0.5, 0.6) is 0 Å². The number of aromatic nitrogens is 4. The Morgan fingerprint density at radius 1 is 1.33 bits per heavy atom. The summed E-state index contributed by atoms with van der Waals surface area (Å²) in [5.74, 6) is 0.198. The van der Waals surface area contributed by atoms with Crippen LogP contribution in [0.4, 0.5) is 5.13 Å². The third-order valence-corrected chi connectivity index (χ3v) is 4.63. The number of aryl methyl sites for hydroxylation is 1. The first kappa shape index (κ1) is 14.0. The van der Waals surface area contributed by atoms with Crippen molar-refractivity contribution in [1.82, 2.24) is 19.7 Å². The minimum atomic E-state index is -0.381. The highest BCUT2D eigenvalue weighted by atomic mass is 32.1. The number of piperidine rings is 1. The quantitative estimate of drug-likeness (QED) is 0.804. The van der Waals surface area contributed by atoms with E-state index in [0.29, 0.717) is 16.4 Å². The Labute approximate surface area is 126 Å². The zero-order valence-corrected chi connectivity index (χ0v) is 12.9. The average Bonchev–Trinajstić information content (AvgIpc) is 3.13. The van der Waals surface area contributed by atoms with Crippen LogP contribution >= 0.6 is 11.3 Å². The fraction of sp³-hybridized carbons (Fsp3) is 0.538. The molecule has 0 spiro atoms. The molecule has 0 N–H and O–H groups in total. The second-order valence-corrected chi connectivity index (χ2v) is 5.90. The Morgan fingerprint density at radius 3 is 2.71 bits per heavy atom. The molecule has 3 rings (SSSR count). The molecule has 2 aromatic rings. The number of hydrogen-bond donors (Lipinski definition) is 0. The van der Waals surface area contributed by atoms with Gasteiger partial charge in [0.1, 0.15) is 16.9 Å². The Morgan fingerprint density at radius 2 is 2.10 bits per heavy atom. The first-order chi connectivity index (χ1) is 10.2. The molecule has 2 aromatic heterocycles. The maximum Gasteiger partial charge on any atom is 0.350 e. The van der Waals surface area contributed by atoms with E-state index in [1.165, 1.54) is 31.2 Å². The molecule has 0 unspecified atom stereocenters. The second kappa shape index (κ2) is 5.80. The Hall–Kier alpha value is -1.96. The molecule has 3 heterocycles. The third kappa shape index (κ3) is 2.63. The molecule has 0 amide bonds. The standard InChI is InChI=1S/C13H17N5O2S/c1-17-11(14-8-15-17)9-10(12(19)20-2)21-13(16-9)18-6-4-3-5-7-18/h8H,3-7H2,1-2H3. The molecule has 0 radical (unpaired) electrons. The van der Waals surface area contributed by atoms with Gasteiger partial charge in [-0.25, -0.2) is 19.4 Å². The highest BCUT2D eigenvalue weighted by molar-refractivity contribution is 7.17. The molecule has 0 aromatic carbocycles. The van der Waals surface area contributed by atoms with Gasteiger partial charge in [-0.1, -0.05) is 11.3 Å². The number of carbonyl (C=O) groups excluding carboxylic acids is 1. The lowest BCUT2D eigenvalue weighted by atomic mass is 10.1. The van der Waals surface area contributed by atoms with E-state index in [-0.39, 0.29) is 5.97 Å². The molecule has 0 atom stereocenters. The lowest BCUT2D eigenvalue weighted by molar-refractivity contribution is 0.0607. The largest absolute Gasteiger partial charge is 0.465 e. The van der Waals surface area contributed by atoms with Gasteiger partial charge in [0.25, 0.3) is 0 Å². The van der Waals surface area contributed by atoms with Gasteiger partial charge >= 0.3 is 5.97 Å². The molecule has 8 heteroatoms. The van der Waals surface area contributed by atoms with Gasteiger partial charge in [-0.05, 0) is 19.3 Å². The summed E-state index contributed by atoms with van der Waals surface area (Å²) in [5, 5.41) is 4.90. The van der Waals surface area contributed by atoms with E-state index in [4.69, 9.17) is 4.74 Å². The first-order valence-electron chi connectivity index (χ1n) is 6.89. The molecule has 7 nitrogen and oxygen atoms in total. The number of methoxy groups -OCH3 is 1. The summed E-state index contributed by atoms with van der Waals surface area (Å²) in [5.41, 5.74) is 0.549. The molecule has 1 fully saturated rings. The third-order valence-electron chi connectivity index (χ3n) is 3.54. The monoisotopic (exact) mass is 307 g/mol. The molecule has 1 aliphatic heterocycles. The Balaban J connectivity index is 2.03. The lowest BCUT2D eigenvalue weighted by Gasteiger charge is -2.25. The first-order valence-corrected chi connectivity index (χ1v) is 7.71. The minimum Gasteiger partial charge on any atom is -0.465 e. The summed E-state index contributed by atoms with van der Waals surface area (Å²) in [6.07, 6.45) is 5.02. The fourth-order valence-corrected chi connectivity index (χ4v) is 3.45. The van der Waals surface area contributed by atoms with Crippen molar-refractivity contribution in [3.63, 3.8) is 0 Å². The molecular weight excluding hydrogens is 290 g/mol. The molecule has 0 bridgehead atoms. The Bertz CT molecular complexity index is 645. The maximum absolute atomic E-state index is 12.0. The number of anilines is 1. The maximum atomic E-state index is 12.0. The molecule has 0 aliphatic carbocycles. The summed E-state index contributed by atoms with van der Waals surface area (Å²) in [6, 6.07) is 0. The number of esters is 1. The van der Waals surface area contributed by atoms with Crippen LogP contribution in [-0.2, 0) is 11.8 Å². The van der Waals surface area contributed by atoms with Gasteiger partial charge in [-0.2, -0.15) is 5.10 Å². The summed E-state index contributed by atoms with van der Waals surface area (Å²) < 4.78 is 6.48. The van der Waals surface area contributed by atoms with E-state index in [1.807, 2.05) is 0 Å². The zero-order valence-electron chi connectivity index (χ0n) is 12.1. The highest BCUT2D eigenvalue weighted by Gasteiger charge is 2.25. The molecular formula is C13H17N5O2S. The van der Waals surface area contributed by atoms with Crippen LogP contribution in [0.2, 0.25) is 0 Å². The average molecular weight is 307 g/mol. The van der Waals surface area contributed by atoms with Crippen molar-refractivity contribution in [3.8, 4) is 11.5 Å². The van der Waals surface area contributed by atoms with Crippen molar-refractivity contribution in [2.45, 2.75) is 19.3 Å². The molecule has 1 saturated heterocycles. The van der Waals surface area contributed by atoms with Crippen LogP contribution in [0, 0.1) is 0 Å². The molecule has 1 aliphatic rings. The van der Waals surface area contributed by atoms with E-state index in [0.717, 1.165) is 31.1 Å². The van der Waals surface area contributed by atoms with E-state index in [2.05, 4.69) is 20.0 Å². The predicted octanol–water partition coefficient (Wildman–Crippen LogP) is 1.72. The van der Waals surface area contributed by atoms with Crippen LogP contribution < -0.4 is 4.90 Å². The van der Waals surface area contributed by atoms with E-state index >= 15 is 0 Å². The van der Waals surface area contributed by atoms with Crippen LogP contribution in [0.15, 0.2) is 6.33 Å². The lowest BCUT2D eigenvalue weighted by Crippen LogP contribution is -2.29. The zero-order chi connectivity index (χ0) is 14.8. The SMILES string of the molecule is COC(=O)c1sc(N2CCCCC2)nc1-c1ncnn1C. The van der Waals surface area contributed by atoms with Gasteiger partial charge in [0.05, 0.1) is 7.11 Å². The molecule has 0 saturated carbocycles. The van der Waals surface area contributed by atoms with Crippen molar-refractivity contribution in [2.75, 3.05) is 25.1 Å². The van der Waals surface area contributed by atoms with Crippen LogP contribution in [0.25, 0.3) is 11.5 Å². The van der Waals surface area contributed by atoms with Gasteiger partial charge in [0, 0.05) is 20.1 Å². The fourth-order valence-electron chi connectivity index (χ4n) is 2.42. The van der Waals surface area contributed by atoms with Crippen LogP contribution in [0.3, 0.4) is 0 Å². The number of thiazole rings is 1.